The molecule has 25 heavy (non-hydrogen) atoms. The van der Waals surface area contributed by atoms with Crippen LogP contribution in [0.4, 0.5) is 0 Å². The van der Waals surface area contributed by atoms with Crippen LogP contribution in [0, 0.1) is 5.41 Å². The predicted molar refractivity (Wildman–Crippen MR) is 104 cm³/mol. The van der Waals surface area contributed by atoms with Crippen LogP contribution < -0.4 is 16.0 Å². The SMILES string of the molecule is CCCNC(=O)CCNC(=NCC1(CCOCC)CCCC1)NCC. The average molecular weight is 355 g/mol. The van der Waals surface area contributed by atoms with Gasteiger partial charge in [-0.05, 0) is 44.9 Å². The average Bonchev–Trinajstić information content (AvgIpc) is 3.07. The highest BCUT2D eigenvalue weighted by Crippen LogP contribution is 2.41. The normalized spacial score (nSPS) is 16.7. The molecular weight excluding hydrogens is 316 g/mol. The lowest BCUT2D eigenvalue weighted by Gasteiger charge is -2.27. The zero-order valence-corrected chi connectivity index (χ0v) is 16.5. The lowest BCUT2D eigenvalue weighted by atomic mass is 9.83. The van der Waals surface area contributed by atoms with Gasteiger partial charge in [0.05, 0.1) is 0 Å². The first kappa shape index (κ1) is 21.7. The Bertz CT molecular complexity index is 393. The van der Waals surface area contributed by atoms with Gasteiger partial charge >= 0.3 is 0 Å². The minimum absolute atomic E-state index is 0.0918. The van der Waals surface area contributed by atoms with Crippen LogP contribution in [0.3, 0.4) is 0 Å². The van der Waals surface area contributed by atoms with Crippen LogP contribution >= 0.6 is 0 Å². The van der Waals surface area contributed by atoms with Gasteiger partial charge in [-0.25, -0.2) is 0 Å². The molecule has 0 saturated heterocycles. The van der Waals surface area contributed by atoms with E-state index in [4.69, 9.17) is 9.73 Å². The van der Waals surface area contributed by atoms with Gasteiger partial charge in [0.15, 0.2) is 5.96 Å². The molecule has 0 aromatic rings. The van der Waals surface area contributed by atoms with E-state index in [1.165, 1.54) is 25.7 Å². The molecule has 1 aliphatic rings. The second-order valence-corrected chi connectivity index (χ2v) is 6.88. The fourth-order valence-electron chi connectivity index (χ4n) is 3.28. The van der Waals surface area contributed by atoms with Crippen LogP contribution in [0.1, 0.15) is 65.7 Å². The number of nitrogens with one attached hydrogen (secondary N) is 3. The number of amides is 1. The standard InChI is InChI=1S/C19H38N4O2/c1-4-13-21-17(24)9-14-22-18(20-5-2)23-16-19(10-7-8-11-19)12-15-25-6-3/h4-16H2,1-3H3,(H,21,24)(H2,20,22,23). The van der Waals surface area contributed by atoms with E-state index in [9.17, 15) is 4.79 Å². The van der Waals surface area contributed by atoms with Gasteiger partial charge in [0, 0.05) is 45.8 Å². The number of ether oxygens (including phenoxy) is 1. The molecule has 1 fully saturated rings. The molecule has 1 aliphatic carbocycles. The molecule has 0 unspecified atom stereocenters. The summed E-state index contributed by atoms with van der Waals surface area (Å²) in [6.45, 7) is 10.8. The van der Waals surface area contributed by atoms with Crippen LogP contribution in [0.2, 0.25) is 0 Å². The summed E-state index contributed by atoms with van der Waals surface area (Å²) in [4.78, 5) is 16.5. The second-order valence-electron chi connectivity index (χ2n) is 6.88. The molecule has 0 heterocycles. The minimum Gasteiger partial charge on any atom is -0.382 e. The maximum Gasteiger partial charge on any atom is 0.221 e. The summed E-state index contributed by atoms with van der Waals surface area (Å²) in [5.74, 6) is 0.905. The molecule has 0 spiro atoms. The number of carbonyl (C=O) groups excluding carboxylic acids is 1. The Morgan fingerprint density at radius 3 is 2.48 bits per heavy atom. The van der Waals surface area contributed by atoms with Crippen molar-refractivity contribution in [3.05, 3.63) is 0 Å². The second kappa shape index (κ2) is 13.0. The van der Waals surface area contributed by atoms with Crippen LogP contribution in [0.25, 0.3) is 0 Å². The molecule has 0 aliphatic heterocycles. The van der Waals surface area contributed by atoms with Gasteiger partial charge in [-0.15, -0.1) is 0 Å². The molecular formula is C19H38N4O2. The fourth-order valence-corrected chi connectivity index (χ4v) is 3.28. The molecule has 0 bridgehead atoms. The van der Waals surface area contributed by atoms with Crippen LogP contribution in [0.15, 0.2) is 4.99 Å². The van der Waals surface area contributed by atoms with Crippen LogP contribution in [0.5, 0.6) is 0 Å². The van der Waals surface area contributed by atoms with Crippen molar-refractivity contribution in [3.8, 4) is 0 Å². The Morgan fingerprint density at radius 1 is 1.08 bits per heavy atom. The number of hydrogen-bond acceptors (Lipinski definition) is 3. The number of aliphatic imine (C=N–C) groups is 1. The largest absolute Gasteiger partial charge is 0.382 e. The van der Waals surface area contributed by atoms with Crippen molar-refractivity contribution in [2.45, 2.75) is 65.7 Å². The van der Waals surface area contributed by atoms with E-state index in [0.717, 1.165) is 51.6 Å². The number of guanidine groups is 1. The van der Waals surface area contributed by atoms with Gasteiger partial charge in [-0.2, -0.15) is 0 Å². The van der Waals surface area contributed by atoms with E-state index in [2.05, 4.69) is 29.8 Å². The zero-order chi connectivity index (χ0) is 18.4. The van der Waals surface area contributed by atoms with Crippen LogP contribution in [-0.2, 0) is 9.53 Å². The van der Waals surface area contributed by atoms with Gasteiger partial charge in [0.2, 0.25) is 5.91 Å². The Kier molecular flexibility index (Phi) is 11.3. The molecule has 0 aromatic heterocycles. The van der Waals surface area contributed by atoms with E-state index >= 15 is 0 Å². The van der Waals surface area contributed by atoms with E-state index in [0.29, 0.717) is 13.0 Å². The quantitative estimate of drug-likeness (QED) is 0.286. The summed E-state index contributed by atoms with van der Waals surface area (Å²) in [7, 11) is 0. The molecule has 0 atom stereocenters. The Hall–Kier alpha value is -1.30. The summed E-state index contributed by atoms with van der Waals surface area (Å²) < 4.78 is 5.57. The first-order valence-corrected chi connectivity index (χ1v) is 10.0. The molecule has 146 valence electrons. The molecule has 1 saturated carbocycles. The van der Waals surface area contributed by atoms with Crippen molar-refractivity contribution in [1.29, 1.82) is 0 Å². The highest BCUT2D eigenvalue weighted by atomic mass is 16.5. The van der Waals surface area contributed by atoms with Gasteiger partial charge in [0.1, 0.15) is 0 Å². The molecule has 1 amide bonds. The smallest absolute Gasteiger partial charge is 0.221 e. The molecule has 0 aromatic carbocycles. The van der Waals surface area contributed by atoms with E-state index in [1.54, 1.807) is 0 Å². The minimum atomic E-state index is 0.0918. The predicted octanol–water partition coefficient (Wildman–Crippen LogP) is 2.44. The van der Waals surface area contributed by atoms with Gasteiger partial charge in [-0.3, -0.25) is 9.79 Å². The van der Waals surface area contributed by atoms with Crippen molar-refractivity contribution in [3.63, 3.8) is 0 Å². The molecule has 0 radical (unpaired) electrons. The monoisotopic (exact) mass is 354 g/mol. The maximum absolute atomic E-state index is 11.7. The van der Waals surface area contributed by atoms with Crippen molar-refractivity contribution >= 4 is 11.9 Å². The Morgan fingerprint density at radius 2 is 1.84 bits per heavy atom. The third-order valence-corrected chi connectivity index (χ3v) is 4.78. The summed E-state index contributed by atoms with van der Waals surface area (Å²) in [6, 6.07) is 0. The number of carbonyl (C=O) groups is 1. The summed E-state index contributed by atoms with van der Waals surface area (Å²) in [5.41, 5.74) is 0.288. The summed E-state index contributed by atoms with van der Waals surface area (Å²) in [6.07, 6.45) is 7.59. The molecule has 3 N–H and O–H groups in total. The van der Waals surface area contributed by atoms with Gasteiger partial charge in [0.25, 0.3) is 0 Å². The third kappa shape index (κ3) is 9.10. The van der Waals surface area contributed by atoms with Crippen molar-refractivity contribution in [2.24, 2.45) is 10.4 Å². The van der Waals surface area contributed by atoms with Gasteiger partial charge < -0.3 is 20.7 Å². The summed E-state index contributed by atoms with van der Waals surface area (Å²) >= 11 is 0. The van der Waals surface area contributed by atoms with Crippen molar-refractivity contribution < 1.29 is 9.53 Å². The van der Waals surface area contributed by atoms with Crippen molar-refractivity contribution in [1.82, 2.24) is 16.0 Å². The molecule has 6 heteroatoms. The molecule has 6 nitrogen and oxygen atoms in total. The van der Waals surface area contributed by atoms with Crippen LogP contribution in [-0.4, -0.2) is 51.3 Å². The number of hydrogen-bond donors (Lipinski definition) is 3. The Balaban J connectivity index is 2.47. The lowest BCUT2D eigenvalue weighted by Crippen LogP contribution is -2.40. The highest BCUT2D eigenvalue weighted by molar-refractivity contribution is 5.81. The highest BCUT2D eigenvalue weighted by Gasteiger charge is 2.33. The van der Waals surface area contributed by atoms with Gasteiger partial charge in [-0.1, -0.05) is 19.8 Å². The lowest BCUT2D eigenvalue weighted by molar-refractivity contribution is -0.120. The topological polar surface area (TPSA) is 74.8 Å². The first-order chi connectivity index (χ1) is 12.2. The number of nitrogens with zero attached hydrogens (tertiary/aromatic N) is 1. The van der Waals surface area contributed by atoms with E-state index < -0.39 is 0 Å². The van der Waals surface area contributed by atoms with Crippen molar-refractivity contribution in [2.75, 3.05) is 39.4 Å². The van der Waals surface area contributed by atoms with E-state index in [1.807, 2.05) is 6.92 Å². The molecule has 1 rings (SSSR count). The first-order valence-electron chi connectivity index (χ1n) is 10.0. The maximum atomic E-state index is 11.7. The third-order valence-electron chi connectivity index (χ3n) is 4.78. The summed E-state index contributed by atoms with van der Waals surface area (Å²) in [5, 5.41) is 9.46. The zero-order valence-electron chi connectivity index (χ0n) is 16.5. The fraction of sp³-hybridized carbons (Fsp3) is 0.895. The Labute approximate surface area is 153 Å². The number of rotatable bonds is 12. The van der Waals surface area contributed by atoms with E-state index in [-0.39, 0.29) is 11.3 Å².